The van der Waals surface area contributed by atoms with Crippen molar-refractivity contribution in [3.8, 4) is 5.75 Å². The molecule has 0 atom stereocenters. The van der Waals surface area contributed by atoms with Crippen LogP contribution in [0.1, 0.15) is 24.0 Å². The van der Waals surface area contributed by atoms with Gasteiger partial charge in [-0.05, 0) is 37.8 Å². The Morgan fingerprint density at radius 2 is 1.89 bits per heavy atom. The number of aryl methyl sites for hydroxylation is 2. The van der Waals surface area contributed by atoms with E-state index in [-0.39, 0.29) is 6.61 Å². The Hall–Kier alpha value is -2.04. The highest BCUT2D eigenvalue weighted by atomic mass is 16.5. The molecule has 0 aliphatic heterocycles. The molecule has 0 bridgehead atoms. The zero-order chi connectivity index (χ0) is 14.0. The van der Waals surface area contributed by atoms with Gasteiger partial charge in [0.2, 0.25) is 0 Å². The lowest BCUT2D eigenvalue weighted by Crippen LogP contribution is -2.45. The number of carbonyl (C=O) groups excluding carboxylic acids is 1. The number of aliphatic carboxylic acids is 1. The number of carboxylic acids is 1. The second-order valence-corrected chi connectivity index (χ2v) is 4.95. The van der Waals surface area contributed by atoms with Gasteiger partial charge in [0.25, 0.3) is 5.91 Å². The zero-order valence-electron chi connectivity index (χ0n) is 11.0. The molecule has 5 heteroatoms. The van der Waals surface area contributed by atoms with Crippen molar-refractivity contribution in [1.29, 1.82) is 0 Å². The van der Waals surface area contributed by atoms with Gasteiger partial charge < -0.3 is 15.2 Å². The van der Waals surface area contributed by atoms with Crippen molar-refractivity contribution in [2.45, 2.75) is 32.2 Å². The van der Waals surface area contributed by atoms with Gasteiger partial charge in [0.05, 0.1) is 0 Å². The molecule has 1 aliphatic carbocycles. The SMILES string of the molecule is Cc1cccc(C)c1OCC(=O)NC1(C(=O)O)CC1. The average Bonchev–Trinajstić information content (AvgIpc) is 3.09. The van der Waals surface area contributed by atoms with Gasteiger partial charge in [-0.3, -0.25) is 4.79 Å². The first kappa shape index (κ1) is 13.4. The lowest BCUT2D eigenvalue weighted by Gasteiger charge is -2.14. The van der Waals surface area contributed by atoms with Gasteiger partial charge >= 0.3 is 5.97 Å². The number of hydrogen-bond donors (Lipinski definition) is 2. The molecule has 102 valence electrons. The number of hydrogen-bond acceptors (Lipinski definition) is 3. The normalized spacial score (nSPS) is 15.7. The Balaban J connectivity index is 1.93. The highest BCUT2D eigenvalue weighted by Crippen LogP contribution is 2.35. The molecule has 1 aliphatic rings. The van der Waals surface area contributed by atoms with Crippen molar-refractivity contribution in [2.24, 2.45) is 0 Å². The molecule has 0 heterocycles. The van der Waals surface area contributed by atoms with Crippen LogP contribution in [0.4, 0.5) is 0 Å². The maximum Gasteiger partial charge on any atom is 0.329 e. The van der Waals surface area contributed by atoms with Crippen molar-refractivity contribution in [3.05, 3.63) is 29.3 Å². The van der Waals surface area contributed by atoms with Crippen LogP contribution in [0.25, 0.3) is 0 Å². The minimum absolute atomic E-state index is 0.166. The molecule has 0 radical (unpaired) electrons. The molecule has 1 aromatic carbocycles. The molecule has 1 aromatic rings. The van der Waals surface area contributed by atoms with E-state index >= 15 is 0 Å². The van der Waals surface area contributed by atoms with E-state index in [9.17, 15) is 9.59 Å². The standard InChI is InChI=1S/C14H17NO4/c1-9-4-3-5-10(2)12(9)19-8-11(16)15-14(6-7-14)13(17)18/h3-5H,6-8H2,1-2H3,(H,15,16)(H,17,18). The third-order valence-corrected chi connectivity index (χ3v) is 3.29. The Morgan fingerprint density at radius 3 is 2.37 bits per heavy atom. The van der Waals surface area contributed by atoms with E-state index < -0.39 is 17.4 Å². The summed E-state index contributed by atoms with van der Waals surface area (Å²) in [6, 6.07) is 5.72. The number of benzene rings is 1. The summed E-state index contributed by atoms with van der Waals surface area (Å²) in [7, 11) is 0. The van der Waals surface area contributed by atoms with E-state index in [1.807, 2.05) is 32.0 Å². The predicted molar refractivity (Wildman–Crippen MR) is 69.2 cm³/mol. The summed E-state index contributed by atoms with van der Waals surface area (Å²) in [5.41, 5.74) is 0.848. The van der Waals surface area contributed by atoms with Crippen molar-refractivity contribution in [1.82, 2.24) is 5.32 Å². The summed E-state index contributed by atoms with van der Waals surface area (Å²) >= 11 is 0. The molecule has 1 fully saturated rings. The van der Waals surface area contributed by atoms with Crippen LogP contribution in [0, 0.1) is 13.8 Å². The van der Waals surface area contributed by atoms with E-state index in [0.717, 1.165) is 11.1 Å². The minimum atomic E-state index is -1.05. The maximum absolute atomic E-state index is 11.7. The molecular weight excluding hydrogens is 246 g/mol. The molecule has 2 N–H and O–H groups in total. The molecule has 5 nitrogen and oxygen atoms in total. The van der Waals surface area contributed by atoms with E-state index in [0.29, 0.717) is 18.6 Å². The van der Waals surface area contributed by atoms with Crippen molar-refractivity contribution in [3.63, 3.8) is 0 Å². The largest absolute Gasteiger partial charge is 0.483 e. The number of ether oxygens (including phenoxy) is 1. The van der Waals surface area contributed by atoms with Crippen LogP contribution in [0.5, 0.6) is 5.75 Å². The van der Waals surface area contributed by atoms with Crippen LogP contribution in [-0.2, 0) is 9.59 Å². The second-order valence-electron chi connectivity index (χ2n) is 4.95. The highest BCUT2D eigenvalue weighted by molar-refractivity contribution is 5.90. The number of para-hydroxylation sites is 1. The average molecular weight is 263 g/mol. The van der Waals surface area contributed by atoms with E-state index in [1.54, 1.807) is 0 Å². The van der Waals surface area contributed by atoms with Gasteiger partial charge in [0.15, 0.2) is 6.61 Å². The molecular formula is C14H17NO4. The first-order chi connectivity index (χ1) is 8.94. The molecule has 0 aromatic heterocycles. The Morgan fingerprint density at radius 1 is 1.32 bits per heavy atom. The number of nitrogens with one attached hydrogen (secondary N) is 1. The van der Waals surface area contributed by atoms with Gasteiger partial charge in [-0.25, -0.2) is 4.79 Å². The van der Waals surface area contributed by atoms with E-state index in [1.165, 1.54) is 0 Å². The first-order valence-electron chi connectivity index (χ1n) is 6.18. The molecule has 2 rings (SSSR count). The second kappa shape index (κ2) is 4.91. The van der Waals surface area contributed by atoms with Crippen LogP contribution < -0.4 is 10.1 Å². The fraction of sp³-hybridized carbons (Fsp3) is 0.429. The summed E-state index contributed by atoms with van der Waals surface area (Å²) in [5, 5.41) is 11.5. The lowest BCUT2D eigenvalue weighted by atomic mass is 10.1. The fourth-order valence-electron chi connectivity index (χ4n) is 1.98. The monoisotopic (exact) mass is 263 g/mol. The van der Waals surface area contributed by atoms with Gasteiger partial charge in [0, 0.05) is 0 Å². The smallest absolute Gasteiger partial charge is 0.329 e. The van der Waals surface area contributed by atoms with Gasteiger partial charge in [0.1, 0.15) is 11.3 Å². The Kier molecular flexibility index (Phi) is 3.46. The van der Waals surface area contributed by atoms with Crippen LogP contribution in [0.15, 0.2) is 18.2 Å². The number of carboxylic acid groups (broad SMARTS) is 1. The van der Waals surface area contributed by atoms with E-state index in [2.05, 4.69) is 5.32 Å². The van der Waals surface area contributed by atoms with Crippen molar-refractivity contribution >= 4 is 11.9 Å². The molecule has 19 heavy (non-hydrogen) atoms. The van der Waals surface area contributed by atoms with Gasteiger partial charge in [-0.1, -0.05) is 18.2 Å². The molecule has 0 saturated heterocycles. The topological polar surface area (TPSA) is 75.6 Å². The summed E-state index contributed by atoms with van der Waals surface area (Å²) in [6.45, 7) is 3.64. The number of amides is 1. The first-order valence-corrected chi connectivity index (χ1v) is 6.18. The summed E-state index contributed by atoms with van der Waals surface area (Å²) in [5.74, 6) is -0.701. The molecule has 1 amide bonds. The van der Waals surface area contributed by atoms with E-state index in [4.69, 9.17) is 9.84 Å². The van der Waals surface area contributed by atoms with Crippen LogP contribution in [0.2, 0.25) is 0 Å². The summed E-state index contributed by atoms with van der Waals surface area (Å²) < 4.78 is 5.48. The minimum Gasteiger partial charge on any atom is -0.483 e. The van der Waals surface area contributed by atoms with Crippen molar-refractivity contribution in [2.75, 3.05) is 6.61 Å². The Bertz CT molecular complexity index is 500. The lowest BCUT2D eigenvalue weighted by molar-refractivity contribution is -0.143. The van der Waals surface area contributed by atoms with Crippen LogP contribution >= 0.6 is 0 Å². The zero-order valence-corrected chi connectivity index (χ0v) is 11.0. The van der Waals surface area contributed by atoms with Crippen LogP contribution in [0.3, 0.4) is 0 Å². The highest BCUT2D eigenvalue weighted by Gasteiger charge is 2.51. The Labute approximate surface area is 111 Å². The van der Waals surface area contributed by atoms with Crippen molar-refractivity contribution < 1.29 is 19.4 Å². The number of rotatable bonds is 5. The number of carbonyl (C=O) groups is 2. The molecule has 1 saturated carbocycles. The molecule has 0 unspecified atom stereocenters. The third-order valence-electron chi connectivity index (χ3n) is 3.29. The third kappa shape index (κ3) is 2.86. The quantitative estimate of drug-likeness (QED) is 0.842. The van der Waals surface area contributed by atoms with Gasteiger partial charge in [-0.2, -0.15) is 0 Å². The van der Waals surface area contributed by atoms with Gasteiger partial charge in [-0.15, -0.1) is 0 Å². The maximum atomic E-state index is 11.7. The predicted octanol–water partition coefficient (Wildman–Crippen LogP) is 1.42. The summed E-state index contributed by atoms with van der Waals surface area (Å²) in [4.78, 5) is 22.6. The van der Waals surface area contributed by atoms with Crippen LogP contribution in [-0.4, -0.2) is 29.1 Å². The fourth-order valence-corrected chi connectivity index (χ4v) is 1.98. The summed E-state index contributed by atoms with van der Waals surface area (Å²) in [6.07, 6.45) is 0.967. The molecule has 0 spiro atoms.